The van der Waals surface area contributed by atoms with Gasteiger partial charge in [-0.25, -0.2) is 0 Å². The van der Waals surface area contributed by atoms with Crippen LogP contribution >= 0.6 is 11.6 Å². The molecule has 0 amide bonds. The molecule has 0 aliphatic carbocycles. The molecular formula is C6H13ClO3. The highest BCUT2D eigenvalue weighted by Crippen LogP contribution is 1.81. The van der Waals surface area contributed by atoms with Gasteiger partial charge in [-0.05, 0) is 0 Å². The van der Waals surface area contributed by atoms with Crippen molar-refractivity contribution in [2.75, 3.05) is 39.6 Å². The number of hydrogen-bond acceptors (Lipinski definition) is 3. The zero-order valence-corrected chi connectivity index (χ0v) is 6.89. The Morgan fingerprint density at radius 2 is 1.80 bits per heavy atom. The number of ether oxygens (including phenoxy) is 3. The van der Waals surface area contributed by atoms with E-state index in [1.54, 1.807) is 7.11 Å². The molecule has 0 aromatic rings. The van der Waals surface area contributed by atoms with Gasteiger partial charge in [0.1, 0.15) is 6.79 Å². The minimum Gasteiger partial charge on any atom is -0.382 e. The molecule has 0 bridgehead atoms. The third-order valence-corrected chi connectivity index (χ3v) is 0.974. The van der Waals surface area contributed by atoms with Crippen molar-refractivity contribution in [1.29, 1.82) is 0 Å². The summed E-state index contributed by atoms with van der Waals surface area (Å²) in [6, 6.07) is 0. The van der Waals surface area contributed by atoms with Crippen molar-refractivity contribution >= 4 is 11.6 Å². The summed E-state index contributed by atoms with van der Waals surface area (Å²) in [6.45, 7) is 2.01. The summed E-state index contributed by atoms with van der Waals surface area (Å²) in [4.78, 5) is 0. The molecule has 0 spiro atoms. The first-order valence-corrected chi connectivity index (χ1v) is 3.65. The number of halogens is 1. The van der Waals surface area contributed by atoms with Crippen LogP contribution in [0.3, 0.4) is 0 Å². The van der Waals surface area contributed by atoms with Crippen LogP contribution in [-0.4, -0.2) is 39.6 Å². The van der Waals surface area contributed by atoms with Crippen LogP contribution in [0.5, 0.6) is 0 Å². The van der Waals surface area contributed by atoms with E-state index in [9.17, 15) is 0 Å². The Morgan fingerprint density at radius 1 is 1.10 bits per heavy atom. The molecule has 0 aromatic heterocycles. The van der Waals surface area contributed by atoms with E-state index in [-0.39, 0.29) is 0 Å². The average Bonchev–Trinajstić information content (AvgIpc) is 1.97. The maximum Gasteiger partial charge on any atom is 0.146 e. The fraction of sp³-hybridized carbons (Fsp3) is 1.00. The number of hydrogen-bond donors (Lipinski definition) is 0. The summed E-state index contributed by atoms with van der Waals surface area (Å²) in [7, 11) is 1.63. The molecule has 0 radical (unpaired) electrons. The summed E-state index contributed by atoms with van der Waals surface area (Å²) in [5, 5.41) is 0. The van der Waals surface area contributed by atoms with E-state index in [0.29, 0.717) is 32.5 Å². The fourth-order valence-electron chi connectivity index (χ4n) is 0.374. The SMILES string of the molecule is COCCOCOCCCl. The van der Waals surface area contributed by atoms with E-state index < -0.39 is 0 Å². The van der Waals surface area contributed by atoms with Gasteiger partial charge in [-0.2, -0.15) is 0 Å². The van der Waals surface area contributed by atoms with Crippen LogP contribution in [0.2, 0.25) is 0 Å². The highest BCUT2D eigenvalue weighted by molar-refractivity contribution is 6.17. The predicted octanol–water partition coefficient (Wildman–Crippen LogP) is 0.862. The quantitative estimate of drug-likeness (QED) is 0.321. The van der Waals surface area contributed by atoms with Crippen LogP contribution in [0.1, 0.15) is 0 Å². The molecule has 0 aliphatic rings. The second kappa shape index (κ2) is 9.17. The molecule has 0 saturated carbocycles. The first kappa shape index (κ1) is 10.2. The van der Waals surface area contributed by atoms with Crippen molar-refractivity contribution in [3.8, 4) is 0 Å². The first-order valence-electron chi connectivity index (χ1n) is 3.12. The maximum absolute atomic E-state index is 5.34. The molecule has 0 aromatic carbocycles. The maximum atomic E-state index is 5.34. The third kappa shape index (κ3) is 8.17. The summed E-state index contributed by atoms with van der Waals surface area (Å²) < 4.78 is 14.6. The standard InChI is InChI=1S/C6H13ClO3/c1-8-4-5-10-6-9-3-2-7/h2-6H2,1H3. The van der Waals surface area contributed by atoms with Gasteiger partial charge in [-0.1, -0.05) is 0 Å². The Labute approximate surface area is 66.2 Å². The average molecular weight is 169 g/mol. The van der Waals surface area contributed by atoms with E-state index in [0.717, 1.165) is 0 Å². The van der Waals surface area contributed by atoms with Crippen molar-refractivity contribution in [3.63, 3.8) is 0 Å². The number of alkyl halides is 1. The first-order chi connectivity index (χ1) is 4.91. The van der Waals surface area contributed by atoms with Crippen molar-refractivity contribution < 1.29 is 14.2 Å². The van der Waals surface area contributed by atoms with E-state index in [1.807, 2.05) is 0 Å². The summed E-state index contributed by atoms with van der Waals surface area (Å²) in [6.07, 6.45) is 0. The summed E-state index contributed by atoms with van der Waals surface area (Å²) >= 11 is 5.34. The minimum absolute atomic E-state index is 0.302. The lowest BCUT2D eigenvalue weighted by molar-refractivity contribution is -0.0611. The molecule has 0 saturated heterocycles. The van der Waals surface area contributed by atoms with E-state index >= 15 is 0 Å². The van der Waals surface area contributed by atoms with Gasteiger partial charge in [-0.15, -0.1) is 11.6 Å². The summed E-state index contributed by atoms with van der Waals surface area (Å²) in [5.41, 5.74) is 0. The zero-order valence-electron chi connectivity index (χ0n) is 6.14. The van der Waals surface area contributed by atoms with E-state index in [2.05, 4.69) is 0 Å². The topological polar surface area (TPSA) is 27.7 Å². The Bertz CT molecular complexity index is 53.0. The molecular weight excluding hydrogens is 156 g/mol. The molecule has 10 heavy (non-hydrogen) atoms. The molecule has 0 rings (SSSR count). The van der Waals surface area contributed by atoms with Crippen LogP contribution in [0.25, 0.3) is 0 Å². The molecule has 0 heterocycles. The molecule has 4 heteroatoms. The second-order valence-corrected chi connectivity index (χ2v) is 1.99. The van der Waals surface area contributed by atoms with Crippen LogP contribution in [0.15, 0.2) is 0 Å². The lowest BCUT2D eigenvalue weighted by Crippen LogP contribution is -2.06. The van der Waals surface area contributed by atoms with Crippen LogP contribution in [0, 0.1) is 0 Å². The van der Waals surface area contributed by atoms with Crippen molar-refractivity contribution in [3.05, 3.63) is 0 Å². The molecule has 0 aliphatic heterocycles. The van der Waals surface area contributed by atoms with Crippen LogP contribution in [-0.2, 0) is 14.2 Å². The van der Waals surface area contributed by atoms with Gasteiger partial charge in [0.05, 0.1) is 19.8 Å². The monoisotopic (exact) mass is 168 g/mol. The van der Waals surface area contributed by atoms with Gasteiger partial charge in [0.25, 0.3) is 0 Å². The Kier molecular flexibility index (Phi) is 9.33. The van der Waals surface area contributed by atoms with Gasteiger partial charge in [0.2, 0.25) is 0 Å². The number of methoxy groups -OCH3 is 1. The highest BCUT2D eigenvalue weighted by Gasteiger charge is 1.86. The fourth-order valence-corrected chi connectivity index (χ4v) is 0.483. The molecule has 62 valence electrons. The van der Waals surface area contributed by atoms with Gasteiger partial charge >= 0.3 is 0 Å². The summed E-state index contributed by atoms with van der Waals surface area (Å²) in [5.74, 6) is 0.508. The van der Waals surface area contributed by atoms with Gasteiger partial charge in [0, 0.05) is 13.0 Å². The third-order valence-electron chi connectivity index (χ3n) is 0.820. The second-order valence-electron chi connectivity index (χ2n) is 1.62. The molecule has 3 nitrogen and oxygen atoms in total. The van der Waals surface area contributed by atoms with Crippen molar-refractivity contribution in [1.82, 2.24) is 0 Å². The van der Waals surface area contributed by atoms with Crippen LogP contribution < -0.4 is 0 Å². The normalized spacial score (nSPS) is 10.2. The highest BCUT2D eigenvalue weighted by atomic mass is 35.5. The lowest BCUT2D eigenvalue weighted by Gasteiger charge is -2.02. The smallest absolute Gasteiger partial charge is 0.146 e. The zero-order chi connectivity index (χ0) is 7.66. The van der Waals surface area contributed by atoms with Gasteiger partial charge in [-0.3, -0.25) is 0 Å². The Balaban J connectivity index is 2.65. The minimum atomic E-state index is 0.302. The Hall–Kier alpha value is 0.170. The molecule has 0 atom stereocenters. The Morgan fingerprint density at radius 3 is 2.40 bits per heavy atom. The largest absolute Gasteiger partial charge is 0.382 e. The number of rotatable bonds is 7. The molecule has 0 fully saturated rings. The predicted molar refractivity (Wildman–Crippen MR) is 39.4 cm³/mol. The molecule has 0 unspecified atom stereocenters. The van der Waals surface area contributed by atoms with Crippen LogP contribution in [0.4, 0.5) is 0 Å². The van der Waals surface area contributed by atoms with Gasteiger partial charge in [0.15, 0.2) is 0 Å². The lowest BCUT2D eigenvalue weighted by atomic mass is 10.8. The van der Waals surface area contributed by atoms with E-state index in [4.69, 9.17) is 25.8 Å². The van der Waals surface area contributed by atoms with Crippen molar-refractivity contribution in [2.24, 2.45) is 0 Å². The van der Waals surface area contributed by atoms with Crippen molar-refractivity contribution in [2.45, 2.75) is 0 Å². The molecule has 0 N–H and O–H groups in total. The van der Waals surface area contributed by atoms with E-state index in [1.165, 1.54) is 0 Å². The van der Waals surface area contributed by atoms with Gasteiger partial charge < -0.3 is 14.2 Å².